The highest BCUT2D eigenvalue weighted by molar-refractivity contribution is 6.51. The lowest BCUT2D eigenvalue weighted by molar-refractivity contribution is 0.0345. The van der Waals surface area contributed by atoms with Gasteiger partial charge in [0.1, 0.15) is 0 Å². The summed E-state index contributed by atoms with van der Waals surface area (Å²) in [4.78, 5) is 2.57. The molecule has 0 aliphatic heterocycles. The lowest BCUT2D eigenvalue weighted by atomic mass is 10.2. The minimum Gasteiger partial charge on any atom is -0.487 e. The van der Waals surface area contributed by atoms with Gasteiger partial charge in [-0.1, -0.05) is 63.9 Å². The van der Waals surface area contributed by atoms with Crippen molar-refractivity contribution in [3.8, 4) is 0 Å². The van der Waals surface area contributed by atoms with Crippen molar-refractivity contribution in [2.24, 2.45) is 0 Å². The fourth-order valence-corrected chi connectivity index (χ4v) is 5.06. The van der Waals surface area contributed by atoms with Crippen LogP contribution < -0.4 is 0 Å². The van der Waals surface area contributed by atoms with Crippen molar-refractivity contribution in [2.45, 2.75) is 89.9 Å². The predicted molar refractivity (Wildman–Crippen MR) is 87.9 cm³/mol. The van der Waals surface area contributed by atoms with Crippen LogP contribution in [0.5, 0.6) is 0 Å². The molecule has 0 amide bonds. The van der Waals surface area contributed by atoms with Crippen molar-refractivity contribution in [3.05, 3.63) is 0 Å². The summed E-state index contributed by atoms with van der Waals surface area (Å²) >= 11 is -0.957. The Bertz CT molecular complexity index is 176. The van der Waals surface area contributed by atoms with Gasteiger partial charge in [-0.2, -0.15) is 0 Å². The van der Waals surface area contributed by atoms with Crippen LogP contribution in [0, 0.1) is 0 Å². The molecule has 0 fully saturated rings. The molecule has 0 saturated carbocycles. The molecule has 1 atom stereocenters. The summed E-state index contributed by atoms with van der Waals surface area (Å²) in [5.41, 5.74) is 0. The van der Waals surface area contributed by atoms with E-state index >= 15 is 0 Å². The minimum atomic E-state index is -0.957. The van der Waals surface area contributed by atoms with Gasteiger partial charge in [0.05, 0.1) is 6.23 Å². The van der Waals surface area contributed by atoms with Crippen LogP contribution in [0.15, 0.2) is 0 Å². The standard InChI is InChI=1S/C10H22NO.2C3H7.Al/c1-4-6-8-11(10(3)12)9-7-5-2;2*1-3-2;/h10H,4-9H2,1-3H3;2*1,3H2,2H3;/q-1;;;+1. The van der Waals surface area contributed by atoms with E-state index in [1.54, 1.807) is 0 Å². The van der Waals surface area contributed by atoms with E-state index in [0.29, 0.717) is 6.23 Å². The largest absolute Gasteiger partial charge is 0.487 e. The number of hydrogen-bond acceptors (Lipinski definition) is 2. The molecule has 0 bridgehead atoms. The summed E-state index contributed by atoms with van der Waals surface area (Å²) in [6, 6.07) is 0. The fourth-order valence-electron chi connectivity index (χ4n) is 2.49. The molecule has 0 N–H and O–H groups in total. The number of unbranched alkanes of at least 4 members (excludes halogenated alkanes) is 2. The maximum Gasteiger partial charge on any atom is 0.461 e. The van der Waals surface area contributed by atoms with Crippen molar-refractivity contribution in [1.82, 2.24) is 4.90 Å². The molecule has 0 spiro atoms. The average molecular weight is 285 g/mol. The average Bonchev–Trinajstić information content (AvgIpc) is 2.39. The summed E-state index contributed by atoms with van der Waals surface area (Å²) in [6.45, 7) is 13.8. The predicted octanol–water partition coefficient (Wildman–Crippen LogP) is 5.06. The second kappa shape index (κ2) is 13.4. The Kier molecular flexibility index (Phi) is 13.8. The zero-order valence-corrected chi connectivity index (χ0v) is 15.2. The van der Waals surface area contributed by atoms with Crippen molar-refractivity contribution in [3.63, 3.8) is 0 Å². The first kappa shape index (κ1) is 19.5. The van der Waals surface area contributed by atoms with Gasteiger partial charge in [0, 0.05) is 13.1 Å². The highest BCUT2D eigenvalue weighted by Gasteiger charge is 2.23. The van der Waals surface area contributed by atoms with Crippen LogP contribution in [0.1, 0.15) is 73.1 Å². The quantitative estimate of drug-likeness (QED) is 0.346. The number of rotatable bonds is 13. The van der Waals surface area contributed by atoms with E-state index in [2.05, 4.69) is 39.5 Å². The zero-order chi connectivity index (χ0) is 14.5. The Morgan fingerprint density at radius 2 is 1.32 bits per heavy atom. The maximum absolute atomic E-state index is 6.45. The monoisotopic (exact) mass is 285 g/mol. The molecule has 0 saturated heterocycles. The first-order chi connectivity index (χ1) is 9.19. The van der Waals surface area contributed by atoms with E-state index in [-0.39, 0.29) is 0 Å². The van der Waals surface area contributed by atoms with Gasteiger partial charge in [-0.15, -0.1) is 0 Å². The van der Waals surface area contributed by atoms with Gasteiger partial charge in [-0.3, -0.25) is 4.90 Å². The van der Waals surface area contributed by atoms with Gasteiger partial charge in [0.25, 0.3) is 0 Å². The second-order valence-corrected chi connectivity index (χ2v) is 8.35. The van der Waals surface area contributed by atoms with Crippen LogP contribution in [0.25, 0.3) is 0 Å². The summed E-state index contributed by atoms with van der Waals surface area (Å²) in [6.07, 6.45) is 8.06. The van der Waals surface area contributed by atoms with Crippen LogP contribution in [-0.2, 0) is 3.79 Å². The normalized spacial score (nSPS) is 12.9. The third-order valence-electron chi connectivity index (χ3n) is 3.72. The highest BCUT2D eigenvalue weighted by atomic mass is 27.2. The molecule has 0 aromatic heterocycles. The molecule has 0 aliphatic carbocycles. The van der Waals surface area contributed by atoms with Crippen LogP contribution in [-0.4, -0.2) is 38.7 Å². The number of nitrogens with zero attached hydrogens (tertiary/aromatic N) is 1. The molecule has 0 rings (SSSR count). The second-order valence-electron chi connectivity index (χ2n) is 5.68. The van der Waals surface area contributed by atoms with E-state index < -0.39 is 14.5 Å². The van der Waals surface area contributed by atoms with Crippen molar-refractivity contribution in [1.29, 1.82) is 0 Å². The Labute approximate surface area is 126 Å². The number of hydrogen-bond donors (Lipinski definition) is 0. The van der Waals surface area contributed by atoms with E-state index in [1.807, 2.05) is 0 Å². The molecule has 0 radical (unpaired) electrons. The molecule has 1 unspecified atom stereocenters. The lowest BCUT2D eigenvalue weighted by Crippen LogP contribution is -2.40. The van der Waals surface area contributed by atoms with Crippen molar-refractivity contribution < 1.29 is 3.79 Å². The van der Waals surface area contributed by atoms with E-state index in [0.717, 1.165) is 0 Å². The summed E-state index contributed by atoms with van der Waals surface area (Å²) < 4.78 is 6.45. The van der Waals surface area contributed by atoms with Crippen molar-refractivity contribution >= 4 is 14.5 Å². The van der Waals surface area contributed by atoms with Crippen LogP contribution >= 0.6 is 0 Å². The Morgan fingerprint density at radius 3 is 1.68 bits per heavy atom. The maximum atomic E-state index is 6.45. The van der Waals surface area contributed by atoms with Crippen molar-refractivity contribution in [2.75, 3.05) is 13.1 Å². The SMILES string of the molecule is CCCCN(CCCC)C(C)[O][Al]([CH2]CC)[CH2]CC. The first-order valence-electron chi connectivity index (χ1n) is 8.58. The summed E-state index contributed by atoms with van der Waals surface area (Å²) in [7, 11) is 0. The van der Waals surface area contributed by atoms with Crippen LogP contribution in [0.3, 0.4) is 0 Å². The third-order valence-corrected chi connectivity index (χ3v) is 6.94. The van der Waals surface area contributed by atoms with Gasteiger partial charge in [0.15, 0.2) is 0 Å². The van der Waals surface area contributed by atoms with E-state index in [9.17, 15) is 0 Å². The fraction of sp³-hybridized carbons (Fsp3) is 1.00. The summed E-state index contributed by atoms with van der Waals surface area (Å²) in [5.74, 6) is 0. The summed E-state index contributed by atoms with van der Waals surface area (Å²) in [5, 5.41) is 2.68. The van der Waals surface area contributed by atoms with Gasteiger partial charge in [-0.05, 0) is 19.8 Å². The highest BCUT2D eigenvalue weighted by Crippen LogP contribution is 2.13. The molecule has 2 nitrogen and oxygen atoms in total. The zero-order valence-electron chi connectivity index (χ0n) is 14.1. The Morgan fingerprint density at radius 1 is 0.842 bits per heavy atom. The molecular formula is C16H36AlNO. The van der Waals surface area contributed by atoms with Gasteiger partial charge in [-0.25, -0.2) is 0 Å². The van der Waals surface area contributed by atoms with Gasteiger partial charge in [0.2, 0.25) is 0 Å². The molecule has 0 aromatic carbocycles. The van der Waals surface area contributed by atoms with Gasteiger partial charge >= 0.3 is 14.5 Å². The molecule has 114 valence electrons. The minimum absolute atomic E-state index is 0.341. The van der Waals surface area contributed by atoms with E-state index in [4.69, 9.17) is 3.79 Å². The van der Waals surface area contributed by atoms with Crippen LogP contribution in [0.4, 0.5) is 0 Å². The topological polar surface area (TPSA) is 12.5 Å². The molecule has 0 aliphatic rings. The smallest absolute Gasteiger partial charge is 0.461 e. The van der Waals surface area contributed by atoms with Gasteiger partial charge < -0.3 is 3.79 Å². The molecule has 19 heavy (non-hydrogen) atoms. The Balaban J connectivity index is 4.26. The Hall–Kier alpha value is 0.452. The third kappa shape index (κ3) is 9.91. The molecule has 0 aromatic rings. The molecular weight excluding hydrogens is 249 g/mol. The lowest BCUT2D eigenvalue weighted by Gasteiger charge is -2.32. The molecule has 0 heterocycles. The molecule has 3 heteroatoms. The first-order valence-corrected chi connectivity index (χ1v) is 10.7. The van der Waals surface area contributed by atoms with Crippen LogP contribution in [0.2, 0.25) is 10.6 Å². The van der Waals surface area contributed by atoms with E-state index in [1.165, 1.54) is 62.2 Å².